The molecule has 0 saturated carbocycles. The highest BCUT2D eigenvalue weighted by atomic mass is 32.2. The van der Waals surface area contributed by atoms with Gasteiger partial charge in [0.2, 0.25) is 0 Å². The van der Waals surface area contributed by atoms with E-state index in [1.807, 2.05) is 0 Å². The Morgan fingerprint density at radius 3 is 1.71 bits per heavy atom. The van der Waals surface area contributed by atoms with E-state index in [-0.39, 0.29) is 10.7 Å². The van der Waals surface area contributed by atoms with E-state index in [2.05, 4.69) is 0 Å². The van der Waals surface area contributed by atoms with Crippen LogP contribution in [-0.2, 0) is 14.9 Å². The third-order valence-corrected chi connectivity index (χ3v) is 1.91. The summed E-state index contributed by atoms with van der Waals surface area (Å²) in [5.41, 5.74) is 0. The zero-order chi connectivity index (χ0) is 11.2. The Morgan fingerprint density at radius 1 is 1.14 bits per heavy atom. The molecule has 0 fully saturated rings. The molecule has 5 heteroatoms. The summed E-state index contributed by atoms with van der Waals surface area (Å²) in [7, 11) is -4.00. The molecule has 1 aromatic carbocycles. The molecule has 0 bridgehead atoms. The number of rotatable bonds is 1. The molecule has 1 rings (SSSR count). The summed E-state index contributed by atoms with van der Waals surface area (Å²) in [6.07, 6.45) is 0. The van der Waals surface area contributed by atoms with Gasteiger partial charge >= 0.3 is 0 Å². The summed E-state index contributed by atoms with van der Waals surface area (Å²) < 4.78 is 29.2. The van der Waals surface area contributed by atoms with Crippen LogP contribution < -0.4 is 0 Å². The second-order valence-corrected chi connectivity index (χ2v) is 4.12. The van der Waals surface area contributed by atoms with Crippen LogP contribution in [0.4, 0.5) is 0 Å². The topological polar surface area (TPSA) is 71.4 Å². The molecule has 0 heterocycles. The Hall–Kier alpha value is -1.20. The van der Waals surface area contributed by atoms with E-state index in [9.17, 15) is 13.2 Å². The standard InChI is InChI=1S/C6H6O3S.C3H6O/c7-10(8,9)6-4-2-1-3-5-6;1-3(2)4/h1-5H,(H,7,8,9);1-2H3. The van der Waals surface area contributed by atoms with Crippen molar-refractivity contribution in [2.24, 2.45) is 0 Å². The van der Waals surface area contributed by atoms with Crippen LogP contribution in [0.5, 0.6) is 0 Å². The molecule has 0 radical (unpaired) electrons. The zero-order valence-electron chi connectivity index (χ0n) is 7.97. The van der Waals surface area contributed by atoms with Crippen molar-refractivity contribution >= 4 is 15.9 Å². The summed E-state index contributed by atoms with van der Waals surface area (Å²) in [6, 6.07) is 7.42. The average Bonchev–Trinajstić information content (AvgIpc) is 2.03. The van der Waals surface area contributed by atoms with Crippen LogP contribution in [0.1, 0.15) is 13.8 Å². The van der Waals surface area contributed by atoms with Crippen molar-refractivity contribution in [2.45, 2.75) is 18.7 Å². The largest absolute Gasteiger partial charge is 0.300 e. The normalized spacial score (nSPS) is 9.93. The first-order valence-corrected chi connectivity index (χ1v) is 5.27. The molecule has 0 atom stereocenters. The minimum Gasteiger partial charge on any atom is -0.300 e. The molecule has 1 aromatic rings. The summed E-state index contributed by atoms with van der Waals surface area (Å²) >= 11 is 0. The molecule has 0 saturated heterocycles. The van der Waals surface area contributed by atoms with E-state index >= 15 is 0 Å². The van der Waals surface area contributed by atoms with Crippen LogP contribution in [0.2, 0.25) is 0 Å². The fourth-order valence-corrected chi connectivity index (χ4v) is 1.09. The fourth-order valence-electron chi connectivity index (χ4n) is 0.592. The highest BCUT2D eigenvalue weighted by molar-refractivity contribution is 7.85. The summed E-state index contributed by atoms with van der Waals surface area (Å²) in [5.74, 6) is 0.167. The lowest BCUT2D eigenvalue weighted by atomic mass is 10.4. The Morgan fingerprint density at radius 2 is 1.50 bits per heavy atom. The van der Waals surface area contributed by atoms with E-state index < -0.39 is 10.1 Å². The van der Waals surface area contributed by atoms with Gasteiger partial charge in [-0.05, 0) is 26.0 Å². The third-order valence-electron chi connectivity index (χ3n) is 1.04. The molecule has 0 aliphatic heterocycles. The average molecular weight is 216 g/mol. The van der Waals surface area contributed by atoms with Crippen molar-refractivity contribution in [3.05, 3.63) is 30.3 Å². The predicted molar refractivity (Wildman–Crippen MR) is 52.6 cm³/mol. The molecule has 0 amide bonds. The minimum absolute atomic E-state index is 0.0741. The molecule has 0 aromatic heterocycles. The van der Waals surface area contributed by atoms with E-state index in [4.69, 9.17) is 4.55 Å². The molecular formula is C9H12O4S. The predicted octanol–water partition coefficient (Wildman–Crippen LogP) is 1.53. The van der Waals surface area contributed by atoms with Crippen LogP contribution >= 0.6 is 0 Å². The SMILES string of the molecule is CC(C)=O.O=S(=O)(O)c1ccccc1. The number of ketones is 1. The highest BCUT2D eigenvalue weighted by Gasteiger charge is 2.05. The Labute approximate surface area is 83.3 Å². The molecule has 0 aliphatic rings. The number of hydrogen-bond acceptors (Lipinski definition) is 3. The second-order valence-electron chi connectivity index (χ2n) is 2.70. The van der Waals surface area contributed by atoms with E-state index in [1.54, 1.807) is 18.2 Å². The lowest BCUT2D eigenvalue weighted by Crippen LogP contribution is -1.96. The van der Waals surface area contributed by atoms with Gasteiger partial charge in [-0.1, -0.05) is 18.2 Å². The van der Waals surface area contributed by atoms with Gasteiger partial charge in [0.15, 0.2) is 0 Å². The van der Waals surface area contributed by atoms with Crippen LogP contribution in [0.3, 0.4) is 0 Å². The molecular weight excluding hydrogens is 204 g/mol. The molecule has 0 spiro atoms. The Balaban J connectivity index is 0.000000364. The quantitative estimate of drug-likeness (QED) is 0.722. The van der Waals surface area contributed by atoms with Crippen molar-refractivity contribution in [1.82, 2.24) is 0 Å². The second kappa shape index (κ2) is 5.51. The maximum atomic E-state index is 10.4. The smallest absolute Gasteiger partial charge is 0.294 e. The first-order chi connectivity index (χ1) is 6.34. The maximum absolute atomic E-state index is 10.4. The summed E-state index contributed by atoms with van der Waals surface area (Å²) in [5, 5.41) is 0. The van der Waals surface area contributed by atoms with Gasteiger partial charge in [-0.2, -0.15) is 8.42 Å². The van der Waals surface area contributed by atoms with Crippen LogP contribution in [0.15, 0.2) is 35.2 Å². The third kappa shape index (κ3) is 6.33. The first-order valence-electron chi connectivity index (χ1n) is 3.83. The number of carbonyl (C=O) groups is 1. The van der Waals surface area contributed by atoms with Crippen LogP contribution in [0, 0.1) is 0 Å². The number of Topliss-reactive ketones (excluding diaryl/α,β-unsaturated/α-hetero) is 1. The van der Waals surface area contributed by atoms with Crippen LogP contribution in [0.25, 0.3) is 0 Å². The van der Waals surface area contributed by atoms with Gasteiger partial charge in [0, 0.05) is 0 Å². The molecule has 0 unspecified atom stereocenters. The fraction of sp³-hybridized carbons (Fsp3) is 0.222. The van der Waals surface area contributed by atoms with Gasteiger partial charge in [0.05, 0.1) is 4.90 Å². The Kier molecular flexibility index (Phi) is 5.04. The van der Waals surface area contributed by atoms with E-state index in [0.717, 1.165) is 0 Å². The van der Waals surface area contributed by atoms with Crippen LogP contribution in [-0.4, -0.2) is 18.8 Å². The zero-order valence-corrected chi connectivity index (χ0v) is 8.78. The van der Waals surface area contributed by atoms with Crippen molar-refractivity contribution in [3.63, 3.8) is 0 Å². The van der Waals surface area contributed by atoms with Crippen molar-refractivity contribution in [2.75, 3.05) is 0 Å². The monoisotopic (exact) mass is 216 g/mol. The maximum Gasteiger partial charge on any atom is 0.294 e. The lowest BCUT2D eigenvalue weighted by Gasteiger charge is -1.92. The van der Waals surface area contributed by atoms with Gasteiger partial charge < -0.3 is 4.79 Å². The molecule has 14 heavy (non-hydrogen) atoms. The van der Waals surface area contributed by atoms with Gasteiger partial charge in [-0.3, -0.25) is 4.55 Å². The summed E-state index contributed by atoms with van der Waals surface area (Å²) in [6.45, 7) is 3.06. The van der Waals surface area contributed by atoms with Crippen molar-refractivity contribution in [1.29, 1.82) is 0 Å². The van der Waals surface area contributed by atoms with E-state index in [0.29, 0.717) is 0 Å². The highest BCUT2D eigenvalue weighted by Crippen LogP contribution is 2.05. The van der Waals surface area contributed by atoms with Crippen molar-refractivity contribution in [3.8, 4) is 0 Å². The van der Waals surface area contributed by atoms with Gasteiger partial charge in [0.1, 0.15) is 5.78 Å². The van der Waals surface area contributed by atoms with Crippen molar-refractivity contribution < 1.29 is 17.8 Å². The minimum atomic E-state index is -4.00. The van der Waals surface area contributed by atoms with Gasteiger partial charge in [-0.15, -0.1) is 0 Å². The first kappa shape index (κ1) is 12.8. The number of carbonyl (C=O) groups excluding carboxylic acids is 1. The number of hydrogen-bond donors (Lipinski definition) is 1. The summed E-state index contributed by atoms with van der Waals surface area (Å²) in [4.78, 5) is 9.37. The van der Waals surface area contributed by atoms with Gasteiger partial charge in [-0.25, -0.2) is 0 Å². The Bertz CT molecular complexity index is 377. The lowest BCUT2D eigenvalue weighted by molar-refractivity contribution is -0.114. The molecule has 78 valence electrons. The molecule has 1 N–H and O–H groups in total. The van der Waals surface area contributed by atoms with Gasteiger partial charge in [0.25, 0.3) is 10.1 Å². The van der Waals surface area contributed by atoms with E-state index in [1.165, 1.54) is 26.0 Å². The molecule has 0 aliphatic carbocycles. The molecule has 4 nitrogen and oxygen atoms in total. The number of benzene rings is 1.